The van der Waals surface area contributed by atoms with E-state index in [0.717, 1.165) is 23.7 Å². The Morgan fingerprint density at radius 2 is 1.35 bits per heavy atom. The van der Waals surface area contributed by atoms with Gasteiger partial charge in [0.05, 0.1) is 12.1 Å². The molecule has 5 fully saturated rings. The van der Waals surface area contributed by atoms with Crippen LogP contribution >= 0.6 is 0 Å². The Morgan fingerprint density at radius 3 is 1.80 bits per heavy atom. The maximum absolute atomic E-state index is 12.5. The molecule has 5 nitrogen and oxygen atoms in total. The molecule has 8 rings (SSSR count). The van der Waals surface area contributed by atoms with E-state index in [0.29, 0.717) is 22.9 Å². The van der Waals surface area contributed by atoms with Crippen molar-refractivity contribution >= 4 is 0 Å². The Hall–Kier alpha value is -1.26. The van der Waals surface area contributed by atoms with Crippen LogP contribution in [0.3, 0.4) is 0 Å². The van der Waals surface area contributed by atoms with Crippen molar-refractivity contribution in [2.24, 2.45) is 41.5 Å². The molecule has 8 atom stereocenters. The minimum absolute atomic E-state index is 0.0641. The fourth-order valence-corrected chi connectivity index (χ4v) is 8.64. The van der Waals surface area contributed by atoms with Gasteiger partial charge in [-0.05, 0) is 36.5 Å². The van der Waals surface area contributed by atoms with Gasteiger partial charge in [0.2, 0.25) is 0 Å². The maximum Gasteiger partial charge on any atom is 0.347 e. The minimum atomic E-state index is -0.0641. The molecule has 0 N–H and O–H groups in total. The highest BCUT2D eigenvalue weighted by molar-refractivity contribution is 5.48. The number of rotatable bonds is 0. The van der Waals surface area contributed by atoms with Crippen molar-refractivity contribution in [1.29, 1.82) is 0 Å². The first-order valence-electron chi connectivity index (χ1n) is 8.08. The fraction of sp³-hybridized carbons (Fsp3) is 0.867. The fourth-order valence-electron chi connectivity index (χ4n) is 8.64. The van der Waals surface area contributed by atoms with Crippen LogP contribution in [0.25, 0.3) is 0 Å². The van der Waals surface area contributed by atoms with Gasteiger partial charge in [0.25, 0.3) is 0 Å². The summed E-state index contributed by atoms with van der Waals surface area (Å²) in [6.07, 6.45) is 5.29. The van der Waals surface area contributed by atoms with E-state index in [-0.39, 0.29) is 11.4 Å². The molecule has 0 saturated heterocycles. The molecule has 0 unspecified atom stereocenters. The molecular weight excluding hydrogens is 254 g/mol. The van der Waals surface area contributed by atoms with Crippen molar-refractivity contribution in [3.63, 3.8) is 0 Å². The predicted octanol–water partition coefficient (Wildman–Crippen LogP) is 0.510. The van der Waals surface area contributed by atoms with Crippen LogP contribution in [0.5, 0.6) is 0 Å². The zero-order chi connectivity index (χ0) is 13.2. The highest BCUT2D eigenvalue weighted by Crippen LogP contribution is 3.04. The molecule has 0 aromatic carbocycles. The molecular formula is C15H17N3O2. The van der Waals surface area contributed by atoms with E-state index in [9.17, 15) is 9.59 Å². The van der Waals surface area contributed by atoms with E-state index in [1.54, 1.807) is 7.05 Å². The van der Waals surface area contributed by atoms with Crippen LogP contribution < -0.4 is 11.4 Å². The van der Waals surface area contributed by atoms with E-state index < -0.39 is 0 Å². The Balaban J connectivity index is 1.65. The van der Waals surface area contributed by atoms with Crippen molar-refractivity contribution in [3.8, 4) is 0 Å². The molecule has 5 aliphatic carbocycles. The normalized spacial score (nSPS) is 61.2. The summed E-state index contributed by atoms with van der Waals surface area (Å²) >= 11 is 0. The average molecular weight is 271 g/mol. The first-order chi connectivity index (χ1) is 9.68. The summed E-state index contributed by atoms with van der Waals surface area (Å²) in [6.45, 7) is 0. The van der Waals surface area contributed by atoms with Crippen molar-refractivity contribution in [1.82, 2.24) is 13.9 Å². The third-order valence-electron chi connectivity index (χ3n) is 8.66. The zero-order valence-electron chi connectivity index (χ0n) is 11.5. The quantitative estimate of drug-likeness (QED) is 0.690. The third-order valence-corrected chi connectivity index (χ3v) is 8.66. The monoisotopic (exact) mass is 271 g/mol. The second kappa shape index (κ2) is 2.18. The molecule has 1 aromatic rings. The molecule has 2 spiro atoms. The molecule has 3 heterocycles. The largest absolute Gasteiger partial charge is 0.347 e. The average Bonchev–Trinajstić information content (AvgIpc) is 2.64. The summed E-state index contributed by atoms with van der Waals surface area (Å²) in [5, 5.41) is 0. The number of aromatic nitrogens is 3. The molecule has 2 aliphatic heterocycles. The summed E-state index contributed by atoms with van der Waals surface area (Å²) in [6, 6.07) is 0.739. The van der Waals surface area contributed by atoms with Crippen LogP contribution in [0.4, 0.5) is 0 Å². The van der Waals surface area contributed by atoms with Crippen LogP contribution in [-0.4, -0.2) is 13.9 Å². The van der Waals surface area contributed by atoms with Crippen molar-refractivity contribution < 1.29 is 0 Å². The van der Waals surface area contributed by atoms with Gasteiger partial charge in [-0.3, -0.25) is 0 Å². The van der Waals surface area contributed by atoms with Crippen molar-refractivity contribution in [2.75, 3.05) is 0 Å². The number of hydrogen-bond donors (Lipinski definition) is 0. The van der Waals surface area contributed by atoms with E-state index in [2.05, 4.69) is 0 Å². The highest BCUT2D eigenvalue weighted by atomic mass is 16.2. The van der Waals surface area contributed by atoms with Gasteiger partial charge >= 0.3 is 11.4 Å². The molecule has 20 heavy (non-hydrogen) atoms. The van der Waals surface area contributed by atoms with Gasteiger partial charge < -0.3 is 0 Å². The molecule has 104 valence electrons. The lowest BCUT2D eigenvalue weighted by Crippen LogP contribution is -3.01. The van der Waals surface area contributed by atoms with E-state index in [1.165, 1.54) is 30.3 Å². The van der Waals surface area contributed by atoms with Gasteiger partial charge in [-0.1, -0.05) is 12.8 Å². The molecule has 0 radical (unpaired) electrons. The molecule has 2 bridgehead atoms. The molecule has 5 saturated carbocycles. The molecule has 5 heteroatoms. The number of nitrogens with zero attached hydrogens (tertiary/aromatic N) is 3. The Morgan fingerprint density at radius 1 is 0.900 bits per heavy atom. The van der Waals surface area contributed by atoms with Crippen LogP contribution in [0.2, 0.25) is 0 Å². The van der Waals surface area contributed by atoms with Crippen LogP contribution in [0.1, 0.15) is 37.8 Å². The Kier molecular flexibility index (Phi) is 1.05. The highest BCUT2D eigenvalue weighted by Gasteiger charge is 3.02. The van der Waals surface area contributed by atoms with Crippen LogP contribution in [-0.2, 0) is 7.05 Å². The third kappa shape index (κ3) is 0.482. The summed E-state index contributed by atoms with van der Waals surface area (Å²) in [5.74, 6) is 3.32. The zero-order valence-corrected chi connectivity index (χ0v) is 11.5. The van der Waals surface area contributed by atoms with Gasteiger partial charge in [0.1, 0.15) is 0 Å². The van der Waals surface area contributed by atoms with Crippen LogP contribution in [0.15, 0.2) is 9.59 Å². The van der Waals surface area contributed by atoms with E-state index >= 15 is 0 Å². The van der Waals surface area contributed by atoms with Gasteiger partial charge in [0.15, 0.2) is 0 Å². The lowest BCUT2D eigenvalue weighted by atomic mass is 9.04. The molecule has 1 aromatic heterocycles. The van der Waals surface area contributed by atoms with Crippen molar-refractivity contribution in [2.45, 2.75) is 37.8 Å². The Bertz CT molecular complexity index is 779. The Labute approximate surface area is 115 Å². The molecule has 0 amide bonds. The van der Waals surface area contributed by atoms with E-state index in [4.69, 9.17) is 0 Å². The lowest BCUT2D eigenvalue weighted by molar-refractivity contribution is -0.559. The first-order valence-corrected chi connectivity index (χ1v) is 8.08. The molecule has 7 aliphatic rings. The summed E-state index contributed by atoms with van der Waals surface area (Å²) in [7, 11) is 1.64. The number of hydrogen-bond acceptors (Lipinski definition) is 2. The van der Waals surface area contributed by atoms with Gasteiger partial charge in [0, 0.05) is 17.9 Å². The second-order valence-corrected chi connectivity index (χ2v) is 8.20. The van der Waals surface area contributed by atoms with E-state index in [1.807, 2.05) is 9.36 Å². The second-order valence-electron chi connectivity index (χ2n) is 8.20. The minimum Gasteiger partial charge on any atom is -0.246 e. The standard InChI is InChI=1S/C15H17N3O2/c1-16-12(19)17-10-6-7-9-8(6)14(10)4-2-3-5-15(9,14)11(7)18(17)13(16)20/h6-11H,2-5H2,1H3/t6-,7-,8-,9-,10+,11+,14-,15+/m1/s1. The van der Waals surface area contributed by atoms with Gasteiger partial charge in [-0.2, -0.15) is 0 Å². The predicted molar refractivity (Wildman–Crippen MR) is 69.3 cm³/mol. The van der Waals surface area contributed by atoms with Gasteiger partial charge in [-0.15, -0.1) is 0 Å². The van der Waals surface area contributed by atoms with Crippen molar-refractivity contribution in [3.05, 3.63) is 21.0 Å². The first kappa shape index (κ1) is 9.64. The summed E-state index contributed by atoms with van der Waals surface area (Å²) in [5.41, 5.74) is 0.728. The SMILES string of the molecule is Cn1c(=O)n2n(c1=O)[C@H]1[C@@H]3[C@@H]4[C@@H]5[C@@H]3[C@]13CCCC[C@@]53[C@H]42. The maximum atomic E-state index is 12.5. The van der Waals surface area contributed by atoms with Gasteiger partial charge in [-0.25, -0.2) is 23.5 Å². The topological polar surface area (TPSA) is 48.9 Å². The lowest BCUT2D eigenvalue weighted by Gasteiger charge is -3.02. The van der Waals surface area contributed by atoms with Crippen LogP contribution in [0, 0.1) is 34.5 Å². The summed E-state index contributed by atoms with van der Waals surface area (Å²) < 4.78 is 5.12. The summed E-state index contributed by atoms with van der Waals surface area (Å²) in [4.78, 5) is 25.0. The smallest absolute Gasteiger partial charge is 0.246 e.